The standard InChI is InChI=1S/C16H34N2O2/c1-5-15-8-6-7-9-16(15,13-17)18(10-11-19-3)14(2)12-20-4/h14-15H,5-13,17H2,1-4H3. The Balaban J connectivity index is 2.96. The van der Waals surface area contributed by atoms with Gasteiger partial charge in [0.15, 0.2) is 0 Å². The molecule has 0 spiro atoms. The van der Waals surface area contributed by atoms with Gasteiger partial charge in [0.2, 0.25) is 0 Å². The lowest BCUT2D eigenvalue weighted by molar-refractivity contribution is -0.0509. The summed E-state index contributed by atoms with van der Waals surface area (Å²) in [4.78, 5) is 2.58. The molecule has 1 aliphatic rings. The molecule has 1 rings (SSSR count). The van der Waals surface area contributed by atoms with Gasteiger partial charge in [-0.25, -0.2) is 0 Å². The molecule has 3 atom stereocenters. The minimum Gasteiger partial charge on any atom is -0.383 e. The highest BCUT2D eigenvalue weighted by atomic mass is 16.5. The van der Waals surface area contributed by atoms with Crippen LogP contribution in [-0.2, 0) is 9.47 Å². The lowest BCUT2D eigenvalue weighted by atomic mass is 9.69. The summed E-state index contributed by atoms with van der Waals surface area (Å²) in [6, 6.07) is 0.380. The summed E-state index contributed by atoms with van der Waals surface area (Å²) in [6.45, 7) is 7.74. The van der Waals surface area contributed by atoms with Gasteiger partial charge in [-0.05, 0) is 25.7 Å². The summed E-state index contributed by atoms with van der Waals surface area (Å²) in [6.07, 6.45) is 6.35. The van der Waals surface area contributed by atoms with Crippen LogP contribution in [-0.4, -0.2) is 57.0 Å². The average molecular weight is 286 g/mol. The summed E-state index contributed by atoms with van der Waals surface area (Å²) in [7, 11) is 3.55. The minimum atomic E-state index is 0.128. The Morgan fingerprint density at radius 2 is 2.05 bits per heavy atom. The van der Waals surface area contributed by atoms with Crippen LogP contribution >= 0.6 is 0 Å². The Hall–Kier alpha value is -0.160. The fourth-order valence-electron chi connectivity index (χ4n) is 4.05. The monoisotopic (exact) mass is 286 g/mol. The van der Waals surface area contributed by atoms with Gasteiger partial charge in [-0.3, -0.25) is 4.90 Å². The molecule has 0 bridgehead atoms. The van der Waals surface area contributed by atoms with Gasteiger partial charge in [-0.15, -0.1) is 0 Å². The Morgan fingerprint density at radius 1 is 1.30 bits per heavy atom. The number of rotatable bonds is 9. The quantitative estimate of drug-likeness (QED) is 0.706. The van der Waals surface area contributed by atoms with Crippen molar-refractivity contribution in [1.82, 2.24) is 4.90 Å². The SMILES string of the molecule is CCC1CCCCC1(CN)N(CCOC)C(C)COC. The maximum atomic E-state index is 6.29. The van der Waals surface area contributed by atoms with Crippen molar-refractivity contribution in [3.05, 3.63) is 0 Å². The second kappa shape index (κ2) is 8.98. The Bertz CT molecular complexity index is 263. The lowest BCUT2D eigenvalue weighted by Gasteiger charge is -2.53. The summed E-state index contributed by atoms with van der Waals surface area (Å²) in [5, 5.41) is 0. The molecule has 1 saturated carbocycles. The Labute approximate surface area is 125 Å². The third-order valence-electron chi connectivity index (χ3n) is 5.07. The molecule has 0 radical (unpaired) electrons. The van der Waals surface area contributed by atoms with Crippen molar-refractivity contribution in [1.29, 1.82) is 0 Å². The number of nitrogens with two attached hydrogens (primary N) is 1. The number of ether oxygens (including phenoxy) is 2. The number of nitrogens with zero attached hydrogens (tertiary/aromatic N) is 1. The van der Waals surface area contributed by atoms with Gasteiger partial charge in [0, 0.05) is 38.9 Å². The van der Waals surface area contributed by atoms with Crippen LogP contribution < -0.4 is 5.73 Å². The lowest BCUT2D eigenvalue weighted by Crippen LogP contribution is -2.63. The van der Waals surface area contributed by atoms with E-state index in [1.54, 1.807) is 14.2 Å². The van der Waals surface area contributed by atoms with Crippen molar-refractivity contribution in [3.8, 4) is 0 Å². The maximum Gasteiger partial charge on any atom is 0.0615 e. The normalized spacial score (nSPS) is 28.8. The zero-order chi connectivity index (χ0) is 15.0. The molecule has 4 heteroatoms. The van der Waals surface area contributed by atoms with E-state index in [-0.39, 0.29) is 5.54 Å². The first-order valence-electron chi connectivity index (χ1n) is 8.11. The molecule has 4 nitrogen and oxygen atoms in total. The van der Waals surface area contributed by atoms with Gasteiger partial charge < -0.3 is 15.2 Å². The van der Waals surface area contributed by atoms with E-state index in [2.05, 4.69) is 18.7 Å². The van der Waals surface area contributed by atoms with E-state index in [0.29, 0.717) is 12.0 Å². The fraction of sp³-hybridized carbons (Fsp3) is 1.00. The highest BCUT2D eigenvalue weighted by molar-refractivity contribution is 5.01. The predicted octanol–water partition coefficient (Wildman–Crippen LogP) is 2.27. The second-order valence-corrected chi connectivity index (χ2v) is 6.15. The van der Waals surface area contributed by atoms with Gasteiger partial charge in [0.05, 0.1) is 13.2 Å². The molecule has 3 unspecified atom stereocenters. The van der Waals surface area contributed by atoms with Gasteiger partial charge in [-0.1, -0.05) is 26.2 Å². The molecule has 20 heavy (non-hydrogen) atoms. The topological polar surface area (TPSA) is 47.7 Å². The molecule has 0 amide bonds. The third-order valence-corrected chi connectivity index (χ3v) is 5.07. The number of methoxy groups -OCH3 is 2. The first-order chi connectivity index (χ1) is 9.66. The molecular weight excluding hydrogens is 252 g/mol. The molecule has 0 aromatic rings. The first-order valence-corrected chi connectivity index (χ1v) is 8.11. The molecule has 1 fully saturated rings. The van der Waals surface area contributed by atoms with Gasteiger partial charge in [-0.2, -0.15) is 0 Å². The van der Waals surface area contributed by atoms with Crippen LogP contribution in [0.5, 0.6) is 0 Å². The van der Waals surface area contributed by atoms with Gasteiger partial charge >= 0.3 is 0 Å². The summed E-state index contributed by atoms with van der Waals surface area (Å²) < 4.78 is 10.7. The average Bonchev–Trinajstić information content (AvgIpc) is 2.48. The van der Waals surface area contributed by atoms with Crippen molar-refractivity contribution < 1.29 is 9.47 Å². The summed E-state index contributed by atoms with van der Waals surface area (Å²) >= 11 is 0. The number of hydrogen-bond donors (Lipinski definition) is 1. The highest BCUT2D eigenvalue weighted by Crippen LogP contribution is 2.40. The van der Waals surface area contributed by atoms with Gasteiger partial charge in [0.1, 0.15) is 0 Å². The van der Waals surface area contributed by atoms with E-state index in [4.69, 9.17) is 15.2 Å². The predicted molar refractivity (Wildman–Crippen MR) is 84.0 cm³/mol. The number of hydrogen-bond acceptors (Lipinski definition) is 4. The van der Waals surface area contributed by atoms with Crippen molar-refractivity contribution in [2.24, 2.45) is 11.7 Å². The molecule has 2 N–H and O–H groups in total. The maximum absolute atomic E-state index is 6.29. The third kappa shape index (κ3) is 3.94. The molecule has 0 aromatic heterocycles. The Kier molecular flexibility index (Phi) is 8.03. The van der Waals surface area contributed by atoms with E-state index in [9.17, 15) is 0 Å². The van der Waals surface area contributed by atoms with E-state index >= 15 is 0 Å². The van der Waals surface area contributed by atoms with Gasteiger partial charge in [0.25, 0.3) is 0 Å². The molecule has 1 aliphatic carbocycles. The van der Waals surface area contributed by atoms with Crippen LogP contribution in [0.3, 0.4) is 0 Å². The van der Waals surface area contributed by atoms with Crippen molar-refractivity contribution in [3.63, 3.8) is 0 Å². The zero-order valence-corrected chi connectivity index (χ0v) is 13.9. The van der Waals surface area contributed by atoms with Crippen LogP contribution in [0.2, 0.25) is 0 Å². The second-order valence-electron chi connectivity index (χ2n) is 6.15. The zero-order valence-electron chi connectivity index (χ0n) is 13.9. The molecule has 0 aliphatic heterocycles. The molecule has 0 saturated heterocycles. The van der Waals surface area contributed by atoms with E-state index < -0.39 is 0 Å². The van der Waals surface area contributed by atoms with Crippen LogP contribution in [0.15, 0.2) is 0 Å². The van der Waals surface area contributed by atoms with Crippen LogP contribution in [0.4, 0.5) is 0 Å². The largest absolute Gasteiger partial charge is 0.383 e. The molecule has 0 heterocycles. The molecule has 0 aromatic carbocycles. The fourth-order valence-corrected chi connectivity index (χ4v) is 4.05. The summed E-state index contributed by atoms with van der Waals surface area (Å²) in [5.41, 5.74) is 6.42. The highest BCUT2D eigenvalue weighted by Gasteiger charge is 2.44. The van der Waals surface area contributed by atoms with Crippen molar-refractivity contribution in [2.45, 2.75) is 57.5 Å². The van der Waals surface area contributed by atoms with E-state index in [1.165, 1.54) is 32.1 Å². The molecular formula is C16H34N2O2. The minimum absolute atomic E-state index is 0.128. The van der Waals surface area contributed by atoms with Crippen molar-refractivity contribution in [2.75, 3.05) is 40.5 Å². The van der Waals surface area contributed by atoms with Crippen LogP contribution in [0, 0.1) is 5.92 Å². The van der Waals surface area contributed by atoms with Crippen LogP contribution in [0.1, 0.15) is 46.0 Å². The summed E-state index contributed by atoms with van der Waals surface area (Å²) in [5.74, 6) is 0.692. The van der Waals surface area contributed by atoms with E-state index in [1.807, 2.05) is 0 Å². The Morgan fingerprint density at radius 3 is 2.60 bits per heavy atom. The van der Waals surface area contributed by atoms with E-state index in [0.717, 1.165) is 26.3 Å². The smallest absolute Gasteiger partial charge is 0.0615 e. The van der Waals surface area contributed by atoms with Crippen LogP contribution in [0.25, 0.3) is 0 Å². The first kappa shape index (κ1) is 17.9. The molecule has 120 valence electrons. The van der Waals surface area contributed by atoms with Crippen molar-refractivity contribution >= 4 is 0 Å².